The second kappa shape index (κ2) is 5.70. The van der Waals surface area contributed by atoms with E-state index in [0.717, 1.165) is 12.1 Å². The molecule has 1 fully saturated rings. The molecular formula is C15H21FN2O. The average Bonchev–Trinajstić information content (AvgIpc) is 2.39. The molecule has 0 saturated carbocycles. The number of hydrogen-bond donors (Lipinski definition) is 1. The van der Waals surface area contributed by atoms with Gasteiger partial charge in [-0.25, -0.2) is 4.39 Å². The topological polar surface area (TPSA) is 32.3 Å². The molecule has 1 aromatic rings. The molecule has 0 aliphatic carbocycles. The van der Waals surface area contributed by atoms with Crippen molar-refractivity contribution in [1.29, 1.82) is 0 Å². The van der Waals surface area contributed by atoms with Crippen LogP contribution in [0.4, 0.5) is 4.39 Å². The van der Waals surface area contributed by atoms with Crippen molar-refractivity contribution in [2.45, 2.75) is 32.9 Å². The van der Waals surface area contributed by atoms with Crippen LogP contribution in [0.2, 0.25) is 0 Å². The van der Waals surface area contributed by atoms with Crippen molar-refractivity contribution in [1.82, 2.24) is 10.2 Å². The van der Waals surface area contributed by atoms with Crippen LogP contribution in [-0.4, -0.2) is 29.9 Å². The molecule has 2 atom stereocenters. The van der Waals surface area contributed by atoms with Gasteiger partial charge in [-0.1, -0.05) is 26.0 Å². The number of carbonyl (C=O) groups is 1. The van der Waals surface area contributed by atoms with E-state index in [1.54, 1.807) is 12.1 Å². The number of amides is 1. The van der Waals surface area contributed by atoms with E-state index >= 15 is 0 Å². The summed E-state index contributed by atoms with van der Waals surface area (Å²) in [6.45, 7) is 7.30. The van der Waals surface area contributed by atoms with E-state index in [-0.39, 0.29) is 29.7 Å². The standard InChI is InChI=1S/C15H21FN2O/c1-10(2)15(19)18-9-14(17-8-11(18)3)12-4-6-13(16)7-5-12/h4-7,10-11,14,17H,8-9H2,1-3H3/t11-,14-/m1/s1. The molecule has 1 N–H and O–H groups in total. The minimum Gasteiger partial charge on any atom is -0.337 e. The Labute approximate surface area is 113 Å². The van der Waals surface area contributed by atoms with Crippen molar-refractivity contribution in [2.75, 3.05) is 13.1 Å². The van der Waals surface area contributed by atoms with Crippen LogP contribution in [-0.2, 0) is 4.79 Å². The first-order valence-corrected chi connectivity index (χ1v) is 6.78. The lowest BCUT2D eigenvalue weighted by Gasteiger charge is -2.40. The van der Waals surface area contributed by atoms with Crippen molar-refractivity contribution >= 4 is 5.91 Å². The lowest BCUT2D eigenvalue weighted by atomic mass is 10.0. The number of nitrogens with zero attached hydrogens (tertiary/aromatic N) is 1. The third-order valence-electron chi connectivity index (χ3n) is 3.62. The highest BCUT2D eigenvalue weighted by atomic mass is 19.1. The second-order valence-electron chi connectivity index (χ2n) is 5.51. The zero-order chi connectivity index (χ0) is 14.0. The largest absolute Gasteiger partial charge is 0.337 e. The van der Waals surface area contributed by atoms with Gasteiger partial charge < -0.3 is 10.2 Å². The van der Waals surface area contributed by atoms with Crippen LogP contribution in [0.15, 0.2) is 24.3 Å². The monoisotopic (exact) mass is 264 g/mol. The zero-order valence-electron chi connectivity index (χ0n) is 11.7. The lowest BCUT2D eigenvalue weighted by Crippen LogP contribution is -2.54. The van der Waals surface area contributed by atoms with E-state index in [9.17, 15) is 9.18 Å². The molecule has 1 saturated heterocycles. The van der Waals surface area contributed by atoms with Crippen LogP contribution >= 0.6 is 0 Å². The number of benzene rings is 1. The maximum absolute atomic E-state index is 12.9. The Kier molecular flexibility index (Phi) is 4.20. The summed E-state index contributed by atoms with van der Waals surface area (Å²) in [5, 5.41) is 3.41. The molecule has 0 spiro atoms. The molecule has 19 heavy (non-hydrogen) atoms. The highest BCUT2D eigenvalue weighted by Gasteiger charge is 2.30. The number of carbonyl (C=O) groups excluding carboxylic acids is 1. The van der Waals surface area contributed by atoms with E-state index in [1.165, 1.54) is 12.1 Å². The first-order chi connectivity index (χ1) is 8.99. The van der Waals surface area contributed by atoms with Crippen molar-refractivity contribution in [3.63, 3.8) is 0 Å². The smallest absolute Gasteiger partial charge is 0.225 e. The average molecular weight is 264 g/mol. The van der Waals surface area contributed by atoms with Crippen LogP contribution in [0.1, 0.15) is 32.4 Å². The van der Waals surface area contributed by atoms with Crippen molar-refractivity contribution in [2.24, 2.45) is 5.92 Å². The van der Waals surface area contributed by atoms with Crippen molar-refractivity contribution in [3.8, 4) is 0 Å². The van der Waals surface area contributed by atoms with E-state index in [2.05, 4.69) is 5.32 Å². The Morgan fingerprint density at radius 1 is 1.37 bits per heavy atom. The van der Waals surface area contributed by atoms with Crippen LogP contribution < -0.4 is 5.32 Å². The molecular weight excluding hydrogens is 243 g/mol. The van der Waals surface area contributed by atoms with Gasteiger partial charge in [-0.15, -0.1) is 0 Å². The molecule has 0 aromatic heterocycles. The van der Waals surface area contributed by atoms with Gasteiger partial charge >= 0.3 is 0 Å². The summed E-state index contributed by atoms with van der Waals surface area (Å²) in [5.41, 5.74) is 1.02. The molecule has 104 valence electrons. The number of piperazine rings is 1. The quantitative estimate of drug-likeness (QED) is 0.889. The van der Waals surface area contributed by atoms with Crippen LogP contribution in [0.3, 0.4) is 0 Å². The summed E-state index contributed by atoms with van der Waals surface area (Å²) in [6, 6.07) is 6.76. The minimum atomic E-state index is -0.233. The molecule has 0 radical (unpaired) electrons. The maximum Gasteiger partial charge on any atom is 0.225 e. The molecule has 1 aliphatic rings. The predicted molar refractivity (Wildman–Crippen MR) is 73.2 cm³/mol. The van der Waals surface area contributed by atoms with Gasteiger partial charge in [-0.3, -0.25) is 4.79 Å². The van der Waals surface area contributed by atoms with Gasteiger partial charge in [0.2, 0.25) is 5.91 Å². The van der Waals surface area contributed by atoms with Crippen LogP contribution in [0, 0.1) is 11.7 Å². The SMILES string of the molecule is CC(C)C(=O)N1C[C@H](c2ccc(F)cc2)NC[C@H]1C. The van der Waals surface area contributed by atoms with E-state index in [0.29, 0.717) is 6.54 Å². The van der Waals surface area contributed by atoms with Crippen LogP contribution in [0.5, 0.6) is 0 Å². The molecule has 3 nitrogen and oxygen atoms in total. The summed E-state index contributed by atoms with van der Waals surface area (Å²) in [6.07, 6.45) is 0. The Bertz CT molecular complexity index is 444. The molecule has 0 bridgehead atoms. The first-order valence-electron chi connectivity index (χ1n) is 6.78. The first kappa shape index (κ1) is 14.0. The number of rotatable bonds is 2. The minimum absolute atomic E-state index is 0.00872. The third kappa shape index (κ3) is 3.13. The number of nitrogens with one attached hydrogen (secondary N) is 1. The maximum atomic E-state index is 12.9. The van der Waals surface area contributed by atoms with E-state index in [1.807, 2.05) is 25.7 Å². The van der Waals surface area contributed by atoms with Gasteiger partial charge in [-0.05, 0) is 24.6 Å². The molecule has 1 amide bonds. The van der Waals surface area contributed by atoms with Crippen molar-refractivity contribution < 1.29 is 9.18 Å². The Hall–Kier alpha value is -1.42. The molecule has 1 aromatic carbocycles. The Morgan fingerprint density at radius 2 is 2.00 bits per heavy atom. The summed E-state index contributed by atoms with van der Waals surface area (Å²) in [5.74, 6) is -0.0430. The predicted octanol–water partition coefficient (Wildman–Crippen LogP) is 2.34. The van der Waals surface area contributed by atoms with Crippen molar-refractivity contribution in [3.05, 3.63) is 35.6 Å². The van der Waals surface area contributed by atoms with Gasteiger partial charge in [0.15, 0.2) is 0 Å². The molecule has 1 heterocycles. The van der Waals surface area contributed by atoms with Gasteiger partial charge in [0.25, 0.3) is 0 Å². The fraction of sp³-hybridized carbons (Fsp3) is 0.533. The fourth-order valence-electron chi connectivity index (χ4n) is 2.42. The third-order valence-corrected chi connectivity index (χ3v) is 3.62. The number of hydrogen-bond acceptors (Lipinski definition) is 2. The van der Waals surface area contributed by atoms with Gasteiger partial charge in [0.1, 0.15) is 5.82 Å². The highest BCUT2D eigenvalue weighted by molar-refractivity contribution is 5.78. The normalized spacial score (nSPS) is 23.7. The second-order valence-corrected chi connectivity index (χ2v) is 5.51. The van der Waals surface area contributed by atoms with Crippen LogP contribution in [0.25, 0.3) is 0 Å². The van der Waals surface area contributed by atoms with E-state index < -0.39 is 0 Å². The fourth-order valence-corrected chi connectivity index (χ4v) is 2.42. The summed E-state index contributed by atoms with van der Waals surface area (Å²) in [4.78, 5) is 14.1. The Balaban J connectivity index is 2.12. The molecule has 0 unspecified atom stereocenters. The van der Waals surface area contributed by atoms with E-state index in [4.69, 9.17) is 0 Å². The Morgan fingerprint density at radius 3 is 2.58 bits per heavy atom. The molecule has 2 rings (SSSR count). The highest BCUT2D eigenvalue weighted by Crippen LogP contribution is 2.21. The summed E-state index contributed by atoms with van der Waals surface area (Å²) < 4.78 is 12.9. The molecule has 1 aliphatic heterocycles. The number of halogens is 1. The van der Waals surface area contributed by atoms with Gasteiger partial charge in [0.05, 0.1) is 0 Å². The van der Waals surface area contributed by atoms with Gasteiger partial charge in [0, 0.05) is 31.1 Å². The summed E-state index contributed by atoms with van der Waals surface area (Å²) >= 11 is 0. The zero-order valence-corrected chi connectivity index (χ0v) is 11.7. The van der Waals surface area contributed by atoms with Gasteiger partial charge in [-0.2, -0.15) is 0 Å². The molecule has 4 heteroatoms. The lowest BCUT2D eigenvalue weighted by molar-refractivity contribution is -0.138. The summed E-state index contributed by atoms with van der Waals surface area (Å²) in [7, 11) is 0.